The van der Waals surface area contributed by atoms with E-state index < -0.39 is 0 Å². The number of hydrogen-bond donors (Lipinski definition) is 0. The summed E-state index contributed by atoms with van der Waals surface area (Å²) >= 11 is 5.98. The highest BCUT2D eigenvalue weighted by atomic mass is 79.9. The number of nitrogens with zero attached hydrogens (tertiary/aromatic N) is 3. The summed E-state index contributed by atoms with van der Waals surface area (Å²) in [5, 5.41) is 18.2. The lowest BCUT2D eigenvalue weighted by Gasteiger charge is -2.15. The molecule has 0 unspecified atom stereocenters. The van der Waals surface area contributed by atoms with E-state index >= 15 is 0 Å². The van der Waals surface area contributed by atoms with Crippen LogP contribution in [0.5, 0.6) is 11.5 Å². The summed E-state index contributed by atoms with van der Waals surface area (Å²) in [5.41, 5.74) is -0.289. The first-order valence-electron chi connectivity index (χ1n) is 6.94. The van der Waals surface area contributed by atoms with Gasteiger partial charge < -0.3 is 9.47 Å². The second-order valence-electron chi connectivity index (χ2n) is 4.66. The molecular formula is C15H10BrN3O3S2. The topological polar surface area (TPSA) is 88.0 Å². The molecule has 0 radical (unpaired) electrons. The fourth-order valence-electron chi connectivity index (χ4n) is 2.26. The van der Waals surface area contributed by atoms with Crippen molar-refractivity contribution in [2.45, 2.75) is 13.5 Å². The summed E-state index contributed by atoms with van der Waals surface area (Å²) in [7, 11) is 0. The van der Waals surface area contributed by atoms with Crippen molar-refractivity contribution in [3.63, 3.8) is 0 Å². The molecule has 0 atom stereocenters. The van der Waals surface area contributed by atoms with Gasteiger partial charge in [-0.15, -0.1) is 22.7 Å². The summed E-state index contributed by atoms with van der Waals surface area (Å²) < 4.78 is 14.3. The van der Waals surface area contributed by atoms with Crippen molar-refractivity contribution in [1.29, 1.82) is 10.5 Å². The molecule has 2 aromatic rings. The van der Waals surface area contributed by atoms with Crippen LogP contribution in [0.4, 0.5) is 0 Å². The van der Waals surface area contributed by atoms with E-state index in [1.54, 1.807) is 13.0 Å². The monoisotopic (exact) mass is 423 g/mol. The Labute approximate surface area is 153 Å². The van der Waals surface area contributed by atoms with Crippen LogP contribution in [-0.2, 0) is 6.54 Å². The minimum absolute atomic E-state index is 0.0624. The van der Waals surface area contributed by atoms with E-state index in [1.165, 1.54) is 15.9 Å². The molecule has 0 saturated carbocycles. The molecule has 0 saturated heterocycles. The van der Waals surface area contributed by atoms with Gasteiger partial charge in [0.25, 0.3) is 5.56 Å². The van der Waals surface area contributed by atoms with E-state index in [4.69, 9.17) is 20.0 Å². The maximum absolute atomic E-state index is 12.6. The van der Waals surface area contributed by atoms with Gasteiger partial charge in [0.05, 0.1) is 9.41 Å². The minimum atomic E-state index is -0.226. The lowest BCUT2D eigenvalue weighted by Crippen LogP contribution is -2.31. The van der Waals surface area contributed by atoms with E-state index in [0.29, 0.717) is 40.5 Å². The molecule has 3 heterocycles. The molecule has 24 heavy (non-hydrogen) atoms. The molecule has 122 valence electrons. The SMILES string of the molecule is CCn1c(=C(C#N)C#N)s/c(=C/c2sc(Br)c3c2OCCO3)c1=O. The number of thiazole rings is 1. The number of rotatable bonds is 2. The lowest BCUT2D eigenvalue weighted by atomic mass is 10.3. The van der Waals surface area contributed by atoms with Crippen molar-refractivity contribution < 1.29 is 9.47 Å². The van der Waals surface area contributed by atoms with Gasteiger partial charge in [0.2, 0.25) is 0 Å². The summed E-state index contributed by atoms with van der Waals surface area (Å²) in [6.07, 6.45) is 1.72. The second kappa shape index (κ2) is 6.81. The molecule has 0 aromatic carbocycles. The van der Waals surface area contributed by atoms with Crippen LogP contribution in [0.15, 0.2) is 8.58 Å². The zero-order chi connectivity index (χ0) is 17.3. The van der Waals surface area contributed by atoms with Gasteiger partial charge in [0.15, 0.2) is 17.1 Å². The van der Waals surface area contributed by atoms with Crippen molar-refractivity contribution in [2.24, 2.45) is 0 Å². The quantitative estimate of drug-likeness (QED) is 0.730. The lowest BCUT2D eigenvalue weighted by molar-refractivity contribution is 0.172. The van der Waals surface area contributed by atoms with Crippen LogP contribution in [0.2, 0.25) is 0 Å². The fourth-order valence-corrected chi connectivity index (χ4v) is 5.11. The van der Waals surface area contributed by atoms with Crippen LogP contribution in [0.3, 0.4) is 0 Å². The summed E-state index contributed by atoms with van der Waals surface area (Å²) in [5.74, 6) is 1.26. The molecule has 0 aliphatic carbocycles. The van der Waals surface area contributed by atoms with Crippen molar-refractivity contribution in [3.8, 4) is 23.6 Å². The summed E-state index contributed by atoms with van der Waals surface area (Å²) in [4.78, 5) is 13.3. The molecule has 0 spiro atoms. The standard InChI is InChI=1S/C15H10BrN3O3S2/c1-2-19-14(20)10(24-15(19)8(6-17)7-18)5-9-11-12(13(16)23-9)22-4-3-21-11/h5H,2-4H2,1H3/b10-5+. The normalized spacial score (nSPS) is 13.4. The number of ether oxygens (including phenoxy) is 2. The van der Waals surface area contributed by atoms with Crippen LogP contribution in [0.1, 0.15) is 11.8 Å². The van der Waals surface area contributed by atoms with Gasteiger partial charge in [0, 0.05) is 6.54 Å². The zero-order valence-corrected chi connectivity index (χ0v) is 15.7. The van der Waals surface area contributed by atoms with Gasteiger partial charge in [-0.3, -0.25) is 9.36 Å². The first kappa shape index (κ1) is 16.8. The molecular weight excluding hydrogens is 414 g/mol. The van der Waals surface area contributed by atoms with Gasteiger partial charge in [-0.25, -0.2) is 0 Å². The third kappa shape index (κ3) is 2.75. The summed E-state index contributed by atoms with van der Waals surface area (Å²) in [6, 6.07) is 3.69. The maximum Gasteiger partial charge on any atom is 0.269 e. The van der Waals surface area contributed by atoms with Gasteiger partial charge in [-0.1, -0.05) is 0 Å². The predicted molar refractivity (Wildman–Crippen MR) is 94.7 cm³/mol. The average Bonchev–Trinajstić information content (AvgIpc) is 3.08. The first-order chi connectivity index (χ1) is 11.6. The molecule has 0 N–H and O–H groups in total. The Hall–Kier alpha value is -2.07. The third-order valence-corrected chi connectivity index (χ3v) is 6.17. The number of nitriles is 2. The van der Waals surface area contributed by atoms with E-state index in [-0.39, 0.29) is 11.1 Å². The van der Waals surface area contributed by atoms with Gasteiger partial charge in [-0.2, -0.15) is 10.5 Å². The van der Waals surface area contributed by atoms with Crippen molar-refractivity contribution in [1.82, 2.24) is 4.57 Å². The molecule has 0 bridgehead atoms. The highest BCUT2D eigenvalue weighted by Crippen LogP contribution is 2.47. The Balaban J connectivity index is 2.28. The molecule has 9 heteroatoms. The number of fused-ring (bicyclic) bond motifs is 1. The largest absolute Gasteiger partial charge is 0.485 e. The predicted octanol–water partition coefficient (Wildman–Crippen LogP) is 1.55. The number of thiophene rings is 1. The summed E-state index contributed by atoms with van der Waals surface area (Å²) in [6.45, 7) is 3.12. The molecule has 1 aliphatic heterocycles. The van der Waals surface area contributed by atoms with Crippen molar-refractivity contribution in [2.75, 3.05) is 13.2 Å². The van der Waals surface area contributed by atoms with Crippen LogP contribution in [0.25, 0.3) is 11.6 Å². The van der Waals surface area contributed by atoms with Crippen molar-refractivity contribution in [3.05, 3.63) is 28.2 Å². The Kier molecular flexibility index (Phi) is 4.76. The number of aromatic nitrogens is 1. The van der Waals surface area contributed by atoms with Gasteiger partial charge in [-0.05, 0) is 28.9 Å². The maximum atomic E-state index is 12.6. The Morgan fingerprint density at radius 3 is 2.58 bits per heavy atom. The highest BCUT2D eigenvalue weighted by molar-refractivity contribution is 9.11. The van der Waals surface area contributed by atoms with Crippen LogP contribution >= 0.6 is 38.6 Å². The van der Waals surface area contributed by atoms with Crippen LogP contribution < -0.4 is 24.2 Å². The first-order valence-corrected chi connectivity index (χ1v) is 9.37. The smallest absolute Gasteiger partial charge is 0.269 e. The third-order valence-electron chi connectivity index (χ3n) is 3.31. The minimum Gasteiger partial charge on any atom is -0.485 e. The molecule has 2 aromatic heterocycles. The molecule has 6 nitrogen and oxygen atoms in total. The van der Waals surface area contributed by atoms with Gasteiger partial charge in [0.1, 0.15) is 33.8 Å². The van der Waals surface area contributed by atoms with E-state index in [0.717, 1.165) is 20.0 Å². The Morgan fingerprint density at radius 2 is 1.96 bits per heavy atom. The fraction of sp³-hybridized carbons (Fsp3) is 0.267. The van der Waals surface area contributed by atoms with Crippen LogP contribution in [-0.4, -0.2) is 17.8 Å². The number of hydrogen-bond acceptors (Lipinski definition) is 7. The molecule has 1 aliphatic rings. The molecule has 3 rings (SSSR count). The average molecular weight is 424 g/mol. The zero-order valence-electron chi connectivity index (χ0n) is 12.5. The Morgan fingerprint density at radius 1 is 1.29 bits per heavy atom. The second-order valence-corrected chi connectivity index (χ2v) is 8.06. The van der Waals surface area contributed by atoms with Crippen LogP contribution in [0, 0.1) is 22.7 Å². The highest BCUT2D eigenvalue weighted by Gasteiger charge is 2.22. The molecule has 0 fully saturated rings. The van der Waals surface area contributed by atoms with E-state index in [9.17, 15) is 4.79 Å². The molecule has 0 amide bonds. The van der Waals surface area contributed by atoms with E-state index in [2.05, 4.69) is 15.9 Å². The van der Waals surface area contributed by atoms with Gasteiger partial charge >= 0.3 is 0 Å². The number of halogens is 1. The van der Waals surface area contributed by atoms with E-state index in [1.807, 2.05) is 12.1 Å². The Bertz CT molecular complexity index is 1050. The van der Waals surface area contributed by atoms with Crippen molar-refractivity contribution >= 4 is 50.3 Å².